The smallest absolute Gasteiger partial charge is 0.261 e. The number of anilines is 1. The Kier molecular flexibility index (Phi) is 5.77. The highest BCUT2D eigenvalue weighted by molar-refractivity contribution is 7.92. The van der Waals surface area contributed by atoms with Crippen LogP contribution < -0.4 is 4.72 Å². The van der Waals surface area contributed by atoms with Crippen molar-refractivity contribution in [3.8, 4) is 0 Å². The van der Waals surface area contributed by atoms with Crippen LogP contribution in [0.4, 0.5) is 5.69 Å². The summed E-state index contributed by atoms with van der Waals surface area (Å²) in [5.41, 5.74) is 1.36. The van der Waals surface area contributed by atoms with Crippen LogP contribution in [-0.4, -0.2) is 32.3 Å². The number of carbonyl (C=O) groups excluding carboxylic acids is 1. The predicted molar refractivity (Wildman–Crippen MR) is 120 cm³/mol. The Morgan fingerprint density at radius 2 is 1.63 bits per heavy atom. The number of carbonyl (C=O) groups is 1. The largest absolute Gasteiger partial charge is 0.342 e. The number of benzene rings is 3. The van der Waals surface area contributed by atoms with Crippen LogP contribution in [-0.2, 0) is 21.2 Å². The first-order chi connectivity index (χ1) is 14.4. The van der Waals surface area contributed by atoms with Gasteiger partial charge in [0.2, 0.25) is 5.91 Å². The molecule has 3 aromatic rings. The third-order valence-corrected chi connectivity index (χ3v) is 7.11. The lowest BCUT2D eigenvalue weighted by Crippen LogP contribution is -2.38. The normalized spacial score (nSPS) is 15.3. The zero-order valence-corrected chi connectivity index (χ0v) is 17.9. The van der Waals surface area contributed by atoms with E-state index in [9.17, 15) is 13.2 Å². The van der Waals surface area contributed by atoms with E-state index in [4.69, 9.17) is 0 Å². The minimum absolute atomic E-state index is 0.131. The van der Waals surface area contributed by atoms with Crippen molar-refractivity contribution in [3.05, 3.63) is 72.3 Å². The Hall–Kier alpha value is -2.86. The van der Waals surface area contributed by atoms with E-state index in [2.05, 4.69) is 11.6 Å². The maximum Gasteiger partial charge on any atom is 0.261 e. The van der Waals surface area contributed by atoms with Crippen molar-refractivity contribution in [3.63, 3.8) is 0 Å². The van der Waals surface area contributed by atoms with Crippen LogP contribution >= 0.6 is 0 Å². The van der Waals surface area contributed by atoms with E-state index in [0.717, 1.165) is 42.3 Å². The quantitative estimate of drug-likeness (QED) is 0.661. The zero-order chi connectivity index (χ0) is 21.1. The second-order valence-corrected chi connectivity index (χ2v) is 9.73. The monoisotopic (exact) mass is 422 g/mol. The molecule has 0 spiro atoms. The summed E-state index contributed by atoms with van der Waals surface area (Å²) in [7, 11) is -3.69. The molecule has 1 saturated heterocycles. The second-order valence-electron chi connectivity index (χ2n) is 8.05. The summed E-state index contributed by atoms with van der Waals surface area (Å²) in [5, 5.41) is 1.87. The summed E-state index contributed by atoms with van der Waals surface area (Å²) in [4.78, 5) is 14.6. The van der Waals surface area contributed by atoms with E-state index in [-0.39, 0.29) is 10.8 Å². The number of hydrogen-bond donors (Lipinski definition) is 1. The van der Waals surface area contributed by atoms with Crippen molar-refractivity contribution in [1.29, 1.82) is 0 Å². The van der Waals surface area contributed by atoms with Crippen molar-refractivity contribution in [1.82, 2.24) is 4.90 Å². The maximum atomic E-state index is 12.8. The standard InChI is InChI=1S/C24H26N2O3S/c1-18-12-14-26(15-13-18)24(27)16-19-6-9-22(10-7-19)25-30(28,29)23-11-8-20-4-2-3-5-21(20)17-23/h2-11,17-18,25H,12-16H2,1H3. The molecule has 0 aliphatic carbocycles. The fourth-order valence-corrected chi connectivity index (χ4v) is 4.88. The first-order valence-corrected chi connectivity index (χ1v) is 11.8. The summed E-state index contributed by atoms with van der Waals surface area (Å²) in [6.45, 7) is 3.87. The molecule has 1 fully saturated rings. The van der Waals surface area contributed by atoms with E-state index >= 15 is 0 Å². The molecule has 30 heavy (non-hydrogen) atoms. The van der Waals surface area contributed by atoms with Gasteiger partial charge in [0.05, 0.1) is 11.3 Å². The van der Waals surface area contributed by atoms with Crippen LogP contribution in [0.1, 0.15) is 25.3 Å². The molecule has 0 unspecified atom stereocenters. The molecule has 3 aromatic carbocycles. The Bertz CT molecular complexity index is 1150. The molecule has 1 heterocycles. The van der Waals surface area contributed by atoms with E-state index in [0.29, 0.717) is 18.0 Å². The summed E-state index contributed by atoms with van der Waals surface area (Å²) >= 11 is 0. The van der Waals surface area contributed by atoms with E-state index in [1.807, 2.05) is 41.3 Å². The molecule has 1 aliphatic rings. The van der Waals surface area contributed by atoms with Gasteiger partial charge in [0.25, 0.3) is 10.0 Å². The van der Waals surface area contributed by atoms with Gasteiger partial charge in [-0.25, -0.2) is 8.42 Å². The summed E-state index contributed by atoms with van der Waals surface area (Å²) in [6.07, 6.45) is 2.45. The lowest BCUT2D eigenvalue weighted by atomic mass is 9.98. The van der Waals surface area contributed by atoms with Gasteiger partial charge >= 0.3 is 0 Å². The topological polar surface area (TPSA) is 66.5 Å². The summed E-state index contributed by atoms with van der Waals surface area (Å²) < 4.78 is 28.2. The van der Waals surface area contributed by atoms with Crippen molar-refractivity contribution in [2.24, 2.45) is 5.92 Å². The van der Waals surface area contributed by atoms with Crippen molar-refractivity contribution in [2.45, 2.75) is 31.1 Å². The van der Waals surface area contributed by atoms with Gasteiger partial charge in [-0.2, -0.15) is 0 Å². The Morgan fingerprint density at radius 1 is 0.967 bits per heavy atom. The fourth-order valence-electron chi connectivity index (χ4n) is 3.78. The maximum absolute atomic E-state index is 12.8. The van der Waals surface area contributed by atoms with Gasteiger partial charge in [-0.05, 0) is 59.4 Å². The molecule has 0 radical (unpaired) electrons. The number of amides is 1. The molecular formula is C24H26N2O3S. The van der Waals surface area contributed by atoms with E-state index < -0.39 is 10.0 Å². The molecule has 4 rings (SSSR count). The van der Waals surface area contributed by atoms with Crippen LogP contribution in [0.2, 0.25) is 0 Å². The molecule has 156 valence electrons. The molecule has 1 amide bonds. The third kappa shape index (κ3) is 4.65. The lowest BCUT2D eigenvalue weighted by Gasteiger charge is -2.30. The Morgan fingerprint density at radius 3 is 2.33 bits per heavy atom. The molecule has 1 N–H and O–H groups in total. The minimum Gasteiger partial charge on any atom is -0.342 e. The zero-order valence-electron chi connectivity index (χ0n) is 17.0. The Balaban J connectivity index is 1.42. The average molecular weight is 423 g/mol. The number of nitrogens with zero attached hydrogens (tertiary/aromatic N) is 1. The molecular weight excluding hydrogens is 396 g/mol. The number of fused-ring (bicyclic) bond motifs is 1. The molecule has 5 nitrogen and oxygen atoms in total. The molecule has 0 bridgehead atoms. The minimum atomic E-state index is -3.69. The first kappa shape index (κ1) is 20.4. The number of piperidine rings is 1. The van der Waals surface area contributed by atoms with Crippen LogP contribution in [0.3, 0.4) is 0 Å². The number of likely N-dealkylation sites (tertiary alicyclic amines) is 1. The number of sulfonamides is 1. The molecule has 6 heteroatoms. The van der Waals surface area contributed by atoms with Gasteiger partial charge in [0.15, 0.2) is 0 Å². The number of nitrogens with one attached hydrogen (secondary N) is 1. The Labute approximate surface area is 177 Å². The van der Waals surface area contributed by atoms with Crippen LogP contribution in [0.5, 0.6) is 0 Å². The SMILES string of the molecule is CC1CCN(C(=O)Cc2ccc(NS(=O)(=O)c3ccc4ccccc4c3)cc2)CC1. The molecule has 0 aromatic heterocycles. The van der Waals surface area contributed by atoms with Crippen LogP contribution in [0.25, 0.3) is 10.8 Å². The highest BCUT2D eigenvalue weighted by Gasteiger charge is 2.20. The molecule has 0 saturated carbocycles. The van der Waals surface area contributed by atoms with Crippen molar-refractivity contribution in [2.75, 3.05) is 17.8 Å². The highest BCUT2D eigenvalue weighted by atomic mass is 32.2. The van der Waals surface area contributed by atoms with Gasteiger partial charge in [-0.1, -0.05) is 49.4 Å². The summed E-state index contributed by atoms with van der Waals surface area (Å²) in [6, 6.07) is 19.8. The predicted octanol–water partition coefficient (Wildman–Crippen LogP) is 4.44. The third-order valence-electron chi connectivity index (χ3n) is 5.73. The average Bonchev–Trinajstić information content (AvgIpc) is 2.75. The lowest BCUT2D eigenvalue weighted by molar-refractivity contribution is -0.131. The highest BCUT2D eigenvalue weighted by Crippen LogP contribution is 2.22. The second kappa shape index (κ2) is 8.48. The van der Waals surface area contributed by atoms with Gasteiger partial charge in [0, 0.05) is 18.8 Å². The van der Waals surface area contributed by atoms with Crippen LogP contribution in [0.15, 0.2) is 71.6 Å². The van der Waals surface area contributed by atoms with Gasteiger partial charge in [0.1, 0.15) is 0 Å². The van der Waals surface area contributed by atoms with Crippen molar-refractivity contribution < 1.29 is 13.2 Å². The fraction of sp³-hybridized carbons (Fsp3) is 0.292. The molecule has 0 atom stereocenters. The van der Waals surface area contributed by atoms with Gasteiger partial charge < -0.3 is 4.90 Å². The van der Waals surface area contributed by atoms with E-state index in [1.54, 1.807) is 30.3 Å². The first-order valence-electron chi connectivity index (χ1n) is 10.3. The molecule has 1 aliphatic heterocycles. The van der Waals surface area contributed by atoms with Crippen molar-refractivity contribution >= 4 is 32.4 Å². The van der Waals surface area contributed by atoms with Crippen LogP contribution in [0, 0.1) is 5.92 Å². The summed E-state index contributed by atoms with van der Waals surface area (Å²) in [5.74, 6) is 0.815. The number of rotatable bonds is 5. The van der Waals surface area contributed by atoms with Gasteiger partial charge in [-0.3, -0.25) is 9.52 Å². The van der Waals surface area contributed by atoms with E-state index in [1.165, 1.54) is 0 Å². The number of hydrogen-bond acceptors (Lipinski definition) is 3. The van der Waals surface area contributed by atoms with Gasteiger partial charge in [-0.15, -0.1) is 0 Å².